The summed E-state index contributed by atoms with van der Waals surface area (Å²) in [5.41, 5.74) is 6.40. The first-order valence-electron chi connectivity index (χ1n) is 6.49. The Hall–Kier alpha value is -1.30. The van der Waals surface area contributed by atoms with Crippen LogP contribution in [0, 0.1) is 0 Å². The van der Waals surface area contributed by atoms with E-state index in [4.69, 9.17) is 0 Å². The van der Waals surface area contributed by atoms with Gasteiger partial charge in [-0.05, 0) is 71.6 Å². The minimum Gasteiger partial charge on any atom is -0.0776 e. The van der Waals surface area contributed by atoms with Gasteiger partial charge in [-0.1, -0.05) is 31.7 Å². The van der Waals surface area contributed by atoms with Crippen molar-refractivity contribution in [3.8, 4) is 0 Å². The van der Waals surface area contributed by atoms with Crippen molar-refractivity contribution in [2.75, 3.05) is 0 Å². The number of hydrogen-bond acceptors (Lipinski definition) is 0. The van der Waals surface area contributed by atoms with Crippen molar-refractivity contribution >= 4 is 10.8 Å². The van der Waals surface area contributed by atoms with Crippen LogP contribution < -0.4 is 0 Å². The minimum absolute atomic E-state index is 0. The number of hydrogen-bond donors (Lipinski definition) is 0. The molecule has 17 heavy (non-hydrogen) atoms. The molecule has 0 saturated carbocycles. The van der Waals surface area contributed by atoms with E-state index in [1.165, 1.54) is 38.5 Å². The Morgan fingerprint density at radius 3 is 1.12 bits per heavy atom. The van der Waals surface area contributed by atoms with E-state index in [1.54, 1.807) is 33.0 Å². The predicted octanol–water partition coefficient (Wildman–Crippen LogP) is 4.45. The standard InChI is InChI=1S/C16H16.CH4/c1-3-11-7-9-13-5-2-6-14-10-8-12(4-1)15(11)16(13)14;/h7-10H,1-6H2;1H4. The van der Waals surface area contributed by atoms with Crippen LogP contribution in [0.25, 0.3) is 10.8 Å². The summed E-state index contributed by atoms with van der Waals surface area (Å²) in [5.74, 6) is 0. The monoisotopic (exact) mass is 224 g/mol. The molecule has 0 bridgehead atoms. The van der Waals surface area contributed by atoms with E-state index >= 15 is 0 Å². The highest BCUT2D eigenvalue weighted by atomic mass is 14.2. The summed E-state index contributed by atoms with van der Waals surface area (Å²) in [6.45, 7) is 0. The summed E-state index contributed by atoms with van der Waals surface area (Å²) in [7, 11) is 0. The summed E-state index contributed by atoms with van der Waals surface area (Å²) in [6, 6.07) is 9.54. The molecule has 0 fully saturated rings. The molecule has 2 aromatic rings. The molecule has 0 aliphatic heterocycles. The van der Waals surface area contributed by atoms with E-state index in [2.05, 4.69) is 24.3 Å². The van der Waals surface area contributed by atoms with Crippen LogP contribution in [0.15, 0.2) is 24.3 Å². The highest BCUT2D eigenvalue weighted by Crippen LogP contribution is 2.37. The van der Waals surface area contributed by atoms with E-state index in [-0.39, 0.29) is 7.43 Å². The zero-order chi connectivity index (χ0) is 10.5. The van der Waals surface area contributed by atoms with Crippen molar-refractivity contribution in [3.63, 3.8) is 0 Å². The Kier molecular flexibility index (Phi) is 2.47. The third-order valence-corrected chi connectivity index (χ3v) is 4.29. The quantitative estimate of drug-likeness (QED) is 0.620. The molecule has 0 saturated heterocycles. The van der Waals surface area contributed by atoms with Crippen molar-refractivity contribution in [2.24, 2.45) is 0 Å². The van der Waals surface area contributed by atoms with Gasteiger partial charge in [-0.15, -0.1) is 0 Å². The smallest absolute Gasteiger partial charge is 0.0114 e. The third-order valence-electron chi connectivity index (χ3n) is 4.29. The van der Waals surface area contributed by atoms with Crippen molar-refractivity contribution in [3.05, 3.63) is 46.5 Å². The van der Waals surface area contributed by atoms with Gasteiger partial charge >= 0.3 is 0 Å². The Morgan fingerprint density at radius 1 is 0.529 bits per heavy atom. The molecule has 0 atom stereocenters. The first kappa shape index (κ1) is 10.8. The van der Waals surface area contributed by atoms with Crippen LogP contribution in [0.5, 0.6) is 0 Å². The number of aryl methyl sites for hydroxylation is 4. The molecule has 4 rings (SSSR count). The van der Waals surface area contributed by atoms with Crippen LogP contribution in [0.3, 0.4) is 0 Å². The van der Waals surface area contributed by atoms with Crippen molar-refractivity contribution < 1.29 is 0 Å². The third kappa shape index (κ3) is 1.43. The van der Waals surface area contributed by atoms with Crippen molar-refractivity contribution in [1.82, 2.24) is 0 Å². The average molecular weight is 224 g/mol. The second kappa shape index (κ2) is 3.87. The summed E-state index contributed by atoms with van der Waals surface area (Å²) in [4.78, 5) is 0. The van der Waals surface area contributed by atoms with Gasteiger partial charge in [0.05, 0.1) is 0 Å². The van der Waals surface area contributed by atoms with Crippen LogP contribution in [0.1, 0.15) is 42.5 Å². The molecular weight excluding hydrogens is 204 g/mol. The van der Waals surface area contributed by atoms with Crippen LogP contribution in [0.2, 0.25) is 0 Å². The SMILES string of the molecule is C.c1cc2c3c(ccc4c3c1CCC4)CCC2. The minimum atomic E-state index is 0. The highest BCUT2D eigenvalue weighted by Gasteiger charge is 2.19. The van der Waals surface area contributed by atoms with E-state index in [0.717, 1.165) is 0 Å². The highest BCUT2D eigenvalue weighted by molar-refractivity contribution is 5.95. The van der Waals surface area contributed by atoms with Gasteiger partial charge in [0.15, 0.2) is 0 Å². The maximum absolute atomic E-state index is 2.38. The van der Waals surface area contributed by atoms with Crippen LogP contribution in [-0.4, -0.2) is 0 Å². The molecule has 88 valence electrons. The molecule has 0 nitrogen and oxygen atoms in total. The lowest BCUT2D eigenvalue weighted by Gasteiger charge is -2.24. The van der Waals surface area contributed by atoms with Gasteiger partial charge in [0.25, 0.3) is 0 Å². The fraction of sp³-hybridized carbons (Fsp3) is 0.412. The first-order chi connectivity index (χ1) is 7.93. The fourth-order valence-electron chi connectivity index (χ4n) is 3.56. The van der Waals surface area contributed by atoms with Gasteiger partial charge in [-0.3, -0.25) is 0 Å². The van der Waals surface area contributed by atoms with Gasteiger partial charge < -0.3 is 0 Å². The molecule has 0 aromatic heterocycles. The lowest BCUT2D eigenvalue weighted by atomic mass is 9.81. The summed E-state index contributed by atoms with van der Waals surface area (Å²) < 4.78 is 0. The molecule has 0 heteroatoms. The van der Waals surface area contributed by atoms with Crippen molar-refractivity contribution in [2.45, 2.75) is 46.0 Å². The van der Waals surface area contributed by atoms with E-state index in [0.29, 0.717) is 0 Å². The second-order valence-corrected chi connectivity index (χ2v) is 5.22. The lowest BCUT2D eigenvalue weighted by Crippen LogP contribution is -2.08. The van der Waals surface area contributed by atoms with Gasteiger partial charge in [0, 0.05) is 0 Å². The lowest BCUT2D eigenvalue weighted by molar-refractivity contribution is 0.786. The molecular formula is C17H20. The molecule has 0 unspecified atom stereocenters. The fourth-order valence-corrected chi connectivity index (χ4v) is 3.56. The van der Waals surface area contributed by atoms with Gasteiger partial charge in [0.1, 0.15) is 0 Å². The molecule has 2 aliphatic rings. The topological polar surface area (TPSA) is 0 Å². The number of benzene rings is 2. The number of rotatable bonds is 0. The summed E-state index contributed by atoms with van der Waals surface area (Å²) in [6.07, 6.45) is 7.81. The van der Waals surface area contributed by atoms with Gasteiger partial charge in [0.2, 0.25) is 0 Å². The Balaban J connectivity index is 0.000000902. The summed E-state index contributed by atoms with van der Waals surface area (Å²) in [5, 5.41) is 3.25. The predicted molar refractivity (Wildman–Crippen MR) is 74.7 cm³/mol. The Morgan fingerprint density at radius 2 is 0.824 bits per heavy atom. The van der Waals surface area contributed by atoms with Crippen LogP contribution >= 0.6 is 0 Å². The Labute approximate surface area is 104 Å². The van der Waals surface area contributed by atoms with E-state index in [1.807, 2.05) is 0 Å². The van der Waals surface area contributed by atoms with Gasteiger partial charge in [-0.2, -0.15) is 0 Å². The molecule has 0 spiro atoms. The van der Waals surface area contributed by atoms with E-state index in [9.17, 15) is 0 Å². The zero-order valence-electron chi connectivity index (χ0n) is 9.55. The van der Waals surface area contributed by atoms with Crippen molar-refractivity contribution in [1.29, 1.82) is 0 Å². The maximum Gasteiger partial charge on any atom is -0.0114 e. The molecule has 2 aliphatic carbocycles. The average Bonchev–Trinajstić information content (AvgIpc) is 2.36. The van der Waals surface area contributed by atoms with Gasteiger partial charge in [-0.25, -0.2) is 0 Å². The Bertz CT molecular complexity index is 479. The van der Waals surface area contributed by atoms with Crippen LogP contribution in [-0.2, 0) is 25.7 Å². The summed E-state index contributed by atoms with van der Waals surface area (Å²) >= 11 is 0. The molecule has 0 heterocycles. The first-order valence-corrected chi connectivity index (χ1v) is 6.49. The van der Waals surface area contributed by atoms with Crippen LogP contribution in [0.4, 0.5) is 0 Å². The molecule has 0 amide bonds. The largest absolute Gasteiger partial charge is 0.0776 e. The molecule has 2 aromatic carbocycles. The normalized spacial score (nSPS) is 16.7. The zero-order valence-corrected chi connectivity index (χ0v) is 9.55. The maximum atomic E-state index is 2.38. The van der Waals surface area contributed by atoms with E-state index < -0.39 is 0 Å². The second-order valence-electron chi connectivity index (χ2n) is 5.22. The molecule has 0 N–H and O–H groups in total. The molecule has 0 radical (unpaired) electrons.